The maximum absolute atomic E-state index is 12.3. The van der Waals surface area contributed by atoms with E-state index in [-0.39, 0.29) is 25.0 Å². The summed E-state index contributed by atoms with van der Waals surface area (Å²) >= 11 is 0. The van der Waals surface area contributed by atoms with Crippen LogP contribution in [0.2, 0.25) is 0 Å². The van der Waals surface area contributed by atoms with E-state index in [4.69, 9.17) is 9.47 Å². The third-order valence-electron chi connectivity index (χ3n) is 4.91. The molecular weight excluding hydrogens is 350 g/mol. The normalized spacial score (nSPS) is 17.2. The zero-order valence-corrected chi connectivity index (χ0v) is 15.6. The molecule has 0 radical (unpaired) electrons. The van der Waals surface area contributed by atoms with Crippen LogP contribution < -0.4 is 9.64 Å². The second-order valence-electron chi connectivity index (χ2n) is 6.62. The first kappa shape index (κ1) is 19.0. The van der Waals surface area contributed by atoms with Crippen LogP contribution in [0.1, 0.15) is 12.8 Å². The summed E-state index contributed by atoms with van der Waals surface area (Å²) in [7, 11) is 1.64. The number of carbonyl (C=O) groups is 3. The Labute approximate surface area is 158 Å². The Bertz CT molecular complexity index is 700. The van der Waals surface area contributed by atoms with Crippen LogP contribution in [0, 0.1) is 0 Å². The number of piperazine rings is 1. The average Bonchev–Trinajstić information content (AvgIpc) is 3.10. The molecule has 2 aliphatic heterocycles. The third kappa shape index (κ3) is 4.69. The summed E-state index contributed by atoms with van der Waals surface area (Å²) in [5.74, 6) is 0.0236. The van der Waals surface area contributed by atoms with Gasteiger partial charge in [0.2, 0.25) is 5.91 Å². The SMILES string of the molecule is COc1ccccc1N1CCN(C(=O)COC(=O)CN2CCCC2=O)CC1. The molecule has 0 bridgehead atoms. The van der Waals surface area contributed by atoms with Crippen LogP contribution in [0.4, 0.5) is 5.69 Å². The van der Waals surface area contributed by atoms with Gasteiger partial charge < -0.3 is 24.2 Å². The van der Waals surface area contributed by atoms with Gasteiger partial charge in [0.1, 0.15) is 12.3 Å². The Kier molecular flexibility index (Phi) is 6.16. The molecule has 2 heterocycles. The van der Waals surface area contributed by atoms with Crippen molar-refractivity contribution in [2.75, 3.05) is 57.9 Å². The molecule has 0 saturated carbocycles. The number of hydrogen-bond acceptors (Lipinski definition) is 6. The Morgan fingerprint density at radius 1 is 1.07 bits per heavy atom. The molecule has 27 heavy (non-hydrogen) atoms. The molecule has 2 aliphatic rings. The van der Waals surface area contributed by atoms with Crippen molar-refractivity contribution in [3.8, 4) is 5.75 Å². The van der Waals surface area contributed by atoms with E-state index >= 15 is 0 Å². The van der Waals surface area contributed by atoms with Gasteiger partial charge >= 0.3 is 5.97 Å². The van der Waals surface area contributed by atoms with Gasteiger partial charge in [0.25, 0.3) is 5.91 Å². The molecular formula is C19H25N3O5. The van der Waals surface area contributed by atoms with Crippen molar-refractivity contribution in [2.24, 2.45) is 0 Å². The van der Waals surface area contributed by atoms with E-state index in [2.05, 4.69) is 4.90 Å². The number of anilines is 1. The Hall–Kier alpha value is -2.77. The van der Waals surface area contributed by atoms with Gasteiger partial charge in [-0.1, -0.05) is 12.1 Å². The van der Waals surface area contributed by atoms with Gasteiger partial charge in [-0.15, -0.1) is 0 Å². The first-order valence-corrected chi connectivity index (χ1v) is 9.17. The Balaban J connectivity index is 1.43. The number of rotatable bonds is 6. The van der Waals surface area contributed by atoms with Gasteiger partial charge in [-0.25, -0.2) is 0 Å². The highest BCUT2D eigenvalue weighted by molar-refractivity contribution is 5.85. The lowest BCUT2D eigenvalue weighted by Gasteiger charge is -2.36. The summed E-state index contributed by atoms with van der Waals surface area (Å²) in [5, 5.41) is 0. The quantitative estimate of drug-likeness (QED) is 0.674. The summed E-state index contributed by atoms with van der Waals surface area (Å²) in [4.78, 5) is 41.0. The summed E-state index contributed by atoms with van der Waals surface area (Å²) in [5.41, 5.74) is 1.01. The number of methoxy groups -OCH3 is 1. The minimum Gasteiger partial charge on any atom is -0.495 e. The van der Waals surface area contributed by atoms with E-state index in [1.54, 1.807) is 12.0 Å². The Morgan fingerprint density at radius 2 is 1.81 bits per heavy atom. The zero-order valence-electron chi connectivity index (χ0n) is 15.6. The molecule has 2 saturated heterocycles. The lowest BCUT2D eigenvalue weighted by molar-refractivity contribution is -0.154. The van der Waals surface area contributed by atoms with Crippen LogP contribution >= 0.6 is 0 Å². The fraction of sp³-hybridized carbons (Fsp3) is 0.526. The monoisotopic (exact) mass is 375 g/mol. The van der Waals surface area contributed by atoms with Gasteiger partial charge in [-0.3, -0.25) is 14.4 Å². The van der Waals surface area contributed by atoms with Crippen molar-refractivity contribution in [1.29, 1.82) is 0 Å². The van der Waals surface area contributed by atoms with Crippen molar-refractivity contribution in [1.82, 2.24) is 9.80 Å². The average molecular weight is 375 g/mol. The molecule has 3 rings (SSSR count). The zero-order chi connectivity index (χ0) is 19.2. The highest BCUT2D eigenvalue weighted by atomic mass is 16.5. The van der Waals surface area contributed by atoms with Gasteiger partial charge in [0.05, 0.1) is 12.8 Å². The van der Waals surface area contributed by atoms with Gasteiger partial charge in [0, 0.05) is 39.1 Å². The van der Waals surface area contributed by atoms with Crippen molar-refractivity contribution in [2.45, 2.75) is 12.8 Å². The number of hydrogen-bond donors (Lipinski definition) is 0. The number of likely N-dealkylation sites (tertiary alicyclic amines) is 1. The van der Waals surface area contributed by atoms with Gasteiger partial charge in [-0.05, 0) is 18.6 Å². The van der Waals surface area contributed by atoms with Crippen molar-refractivity contribution in [3.05, 3.63) is 24.3 Å². The lowest BCUT2D eigenvalue weighted by Crippen LogP contribution is -2.50. The molecule has 8 nitrogen and oxygen atoms in total. The van der Waals surface area contributed by atoms with Crippen LogP contribution in [-0.2, 0) is 19.1 Å². The second kappa shape index (κ2) is 8.75. The molecule has 1 aromatic rings. The second-order valence-corrected chi connectivity index (χ2v) is 6.62. The highest BCUT2D eigenvalue weighted by Gasteiger charge is 2.25. The van der Waals surface area contributed by atoms with E-state index in [0.29, 0.717) is 39.1 Å². The molecule has 0 atom stereocenters. The predicted octanol–water partition coefficient (Wildman–Crippen LogP) is 0.509. The highest BCUT2D eigenvalue weighted by Crippen LogP contribution is 2.28. The summed E-state index contributed by atoms with van der Waals surface area (Å²) in [6.07, 6.45) is 1.24. The van der Waals surface area contributed by atoms with Crippen molar-refractivity contribution < 1.29 is 23.9 Å². The standard InChI is InChI=1S/C19H25N3O5/c1-26-16-6-3-2-5-15(16)20-9-11-21(12-10-20)18(24)14-27-19(25)13-22-8-4-7-17(22)23/h2-3,5-6H,4,7-14H2,1H3. The first-order chi connectivity index (χ1) is 13.1. The molecule has 146 valence electrons. The predicted molar refractivity (Wildman–Crippen MR) is 98.6 cm³/mol. The van der Waals surface area contributed by atoms with Crippen LogP contribution in [0.15, 0.2) is 24.3 Å². The molecule has 1 aromatic carbocycles. The number of ether oxygens (including phenoxy) is 2. The number of amides is 2. The number of carbonyl (C=O) groups excluding carboxylic acids is 3. The van der Waals surface area contributed by atoms with Crippen LogP contribution in [0.3, 0.4) is 0 Å². The van der Waals surface area contributed by atoms with Crippen LogP contribution in [0.5, 0.6) is 5.75 Å². The molecule has 2 fully saturated rings. The minimum absolute atomic E-state index is 0.0364. The molecule has 0 unspecified atom stereocenters. The lowest BCUT2D eigenvalue weighted by atomic mass is 10.2. The smallest absolute Gasteiger partial charge is 0.326 e. The summed E-state index contributed by atoms with van der Waals surface area (Å²) in [6.45, 7) is 2.69. The number of para-hydroxylation sites is 2. The van der Waals surface area contributed by atoms with Gasteiger partial charge in [0.15, 0.2) is 6.61 Å². The van der Waals surface area contributed by atoms with Crippen molar-refractivity contribution in [3.63, 3.8) is 0 Å². The fourth-order valence-electron chi connectivity index (χ4n) is 3.39. The molecule has 0 aliphatic carbocycles. The van der Waals surface area contributed by atoms with E-state index in [0.717, 1.165) is 17.9 Å². The number of benzene rings is 1. The molecule has 0 spiro atoms. The van der Waals surface area contributed by atoms with Crippen LogP contribution in [0.25, 0.3) is 0 Å². The minimum atomic E-state index is -0.536. The van der Waals surface area contributed by atoms with Crippen molar-refractivity contribution >= 4 is 23.5 Å². The van der Waals surface area contributed by atoms with E-state index in [1.165, 1.54) is 4.90 Å². The van der Waals surface area contributed by atoms with E-state index in [9.17, 15) is 14.4 Å². The van der Waals surface area contributed by atoms with E-state index in [1.807, 2.05) is 24.3 Å². The maximum atomic E-state index is 12.3. The largest absolute Gasteiger partial charge is 0.495 e. The topological polar surface area (TPSA) is 79.4 Å². The molecule has 0 N–H and O–H groups in total. The number of nitrogens with zero attached hydrogens (tertiary/aromatic N) is 3. The molecule has 2 amide bonds. The summed E-state index contributed by atoms with van der Waals surface area (Å²) < 4.78 is 10.4. The fourth-order valence-corrected chi connectivity index (χ4v) is 3.39. The number of esters is 1. The summed E-state index contributed by atoms with van der Waals surface area (Å²) in [6, 6.07) is 7.79. The molecule has 8 heteroatoms. The molecule has 0 aromatic heterocycles. The van der Waals surface area contributed by atoms with E-state index < -0.39 is 5.97 Å². The first-order valence-electron chi connectivity index (χ1n) is 9.17. The van der Waals surface area contributed by atoms with Crippen LogP contribution in [-0.4, -0.2) is 80.6 Å². The van der Waals surface area contributed by atoms with Gasteiger partial charge in [-0.2, -0.15) is 0 Å². The Morgan fingerprint density at radius 3 is 2.48 bits per heavy atom. The maximum Gasteiger partial charge on any atom is 0.326 e. The third-order valence-corrected chi connectivity index (χ3v) is 4.91.